The number of pyridine rings is 1. The Morgan fingerprint density at radius 1 is 1.17 bits per heavy atom. The van der Waals surface area contributed by atoms with Crippen LogP contribution in [-0.4, -0.2) is 51.1 Å². The number of H-pyrrole nitrogens is 1. The maximum absolute atomic E-state index is 15.2. The van der Waals surface area contributed by atoms with Crippen molar-refractivity contribution in [3.05, 3.63) is 58.7 Å². The van der Waals surface area contributed by atoms with Crippen LogP contribution >= 0.6 is 0 Å². The molecular formula is C25H24F4N4O3. The molecular weight excluding hydrogens is 480 g/mol. The number of aromatic amines is 1. The van der Waals surface area contributed by atoms with Gasteiger partial charge in [-0.1, -0.05) is 5.16 Å². The minimum Gasteiger partial charge on any atom is -0.411 e. The van der Waals surface area contributed by atoms with Gasteiger partial charge in [0.15, 0.2) is 0 Å². The van der Waals surface area contributed by atoms with Gasteiger partial charge in [-0.25, -0.2) is 9.37 Å². The van der Waals surface area contributed by atoms with Crippen LogP contribution in [-0.2, 0) is 12.8 Å². The molecule has 36 heavy (non-hydrogen) atoms. The average molecular weight is 504 g/mol. The molecule has 2 N–H and O–H groups in total. The lowest BCUT2D eigenvalue weighted by atomic mass is 9.86. The smallest absolute Gasteiger partial charge is 0.411 e. The highest BCUT2D eigenvalue weighted by atomic mass is 19.4. The number of ether oxygens (including phenoxy) is 1. The summed E-state index contributed by atoms with van der Waals surface area (Å²) in [6.45, 7) is 0.757. The molecule has 2 aliphatic rings. The number of aryl methyl sites for hydroxylation is 1. The number of fused-ring (bicyclic) bond motifs is 3. The maximum Gasteiger partial charge on any atom is 0.573 e. The quantitative estimate of drug-likeness (QED) is 0.218. The number of carbonyl (C=O) groups excluding carboxylic acids is 1. The highest BCUT2D eigenvalue weighted by Crippen LogP contribution is 2.38. The first-order chi connectivity index (χ1) is 17.2. The van der Waals surface area contributed by atoms with Gasteiger partial charge in [-0.05, 0) is 67.9 Å². The van der Waals surface area contributed by atoms with Crippen molar-refractivity contribution in [3.8, 4) is 5.75 Å². The summed E-state index contributed by atoms with van der Waals surface area (Å²) in [6, 6.07) is 4.82. The van der Waals surface area contributed by atoms with Crippen molar-refractivity contribution in [2.24, 2.45) is 5.16 Å². The zero-order chi connectivity index (χ0) is 25.4. The predicted molar refractivity (Wildman–Crippen MR) is 123 cm³/mol. The van der Waals surface area contributed by atoms with Crippen LogP contribution in [0.25, 0.3) is 11.0 Å². The molecule has 3 heterocycles. The van der Waals surface area contributed by atoms with Crippen LogP contribution in [0.1, 0.15) is 58.8 Å². The number of amides is 1. The van der Waals surface area contributed by atoms with Crippen molar-refractivity contribution < 1.29 is 32.3 Å². The summed E-state index contributed by atoms with van der Waals surface area (Å²) >= 11 is 0. The molecule has 1 aliphatic carbocycles. The van der Waals surface area contributed by atoms with Crippen LogP contribution in [0.5, 0.6) is 5.75 Å². The third-order valence-electron chi connectivity index (χ3n) is 6.95. The van der Waals surface area contributed by atoms with Gasteiger partial charge in [0.05, 0.1) is 11.9 Å². The summed E-state index contributed by atoms with van der Waals surface area (Å²) < 4.78 is 56.2. The molecule has 7 nitrogen and oxygen atoms in total. The van der Waals surface area contributed by atoms with Gasteiger partial charge in [0.1, 0.15) is 17.2 Å². The summed E-state index contributed by atoms with van der Waals surface area (Å²) in [4.78, 5) is 22.1. The number of halogens is 4. The molecule has 3 aromatic rings. The summed E-state index contributed by atoms with van der Waals surface area (Å²) in [5.41, 5.74) is 3.97. The van der Waals surface area contributed by atoms with E-state index in [0.717, 1.165) is 41.6 Å². The van der Waals surface area contributed by atoms with Gasteiger partial charge in [-0.3, -0.25) is 4.79 Å². The van der Waals surface area contributed by atoms with Gasteiger partial charge in [-0.15, -0.1) is 13.2 Å². The SMILES string of the molecule is O=C(c1ccc(OC(F)(F)F)cc1)N1CCC(c2c(F)cnc3[nH]c4c(c23)CC(=NO)CCC4)CC1. The number of hydrogen-bond acceptors (Lipinski definition) is 5. The number of nitrogens with one attached hydrogen (secondary N) is 1. The van der Waals surface area contributed by atoms with E-state index in [-0.39, 0.29) is 17.4 Å². The summed E-state index contributed by atoms with van der Waals surface area (Å²) in [5.74, 6) is -1.23. The van der Waals surface area contributed by atoms with Crippen LogP contribution in [0.2, 0.25) is 0 Å². The Balaban J connectivity index is 1.35. The Labute approximate surface area is 203 Å². The molecule has 1 amide bonds. The molecule has 0 saturated carbocycles. The second-order valence-corrected chi connectivity index (χ2v) is 9.16. The van der Waals surface area contributed by atoms with Gasteiger partial charge >= 0.3 is 6.36 Å². The Bertz CT molecular complexity index is 1310. The third kappa shape index (κ3) is 4.74. The number of carbonyl (C=O) groups is 1. The Kier molecular flexibility index (Phi) is 6.31. The molecule has 0 radical (unpaired) electrons. The first-order valence-corrected chi connectivity index (χ1v) is 11.8. The first kappa shape index (κ1) is 24.1. The lowest BCUT2D eigenvalue weighted by molar-refractivity contribution is -0.274. The highest BCUT2D eigenvalue weighted by Gasteiger charge is 2.32. The van der Waals surface area contributed by atoms with E-state index in [1.165, 1.54) is 18.3 Å². The topological polar surface area (TPSA) is 90.8 Å². The largest absolute Gasteiger partial charge is 0.573 e. The molecule has 1 fully saturated rings. The van der Waals surface area contributed by atoms with E-state index in [1.54, 1.807) is 4.90 Å². The fraction of sp³-hybridized carbons (Fsp3) is 0.400. The molecule has 2 aromatic heterocycles. The molecule has 0 unspecified atom stereocenters. The van der Waals surface area contributed by atoms with Crippen LogP contribution in [0.15, 0.2) is 35.6 Å². The van der Waals surface area contributed by atoms with Crippen molar-refractivity contribution in [3.63, 3.8) is 0 Å². The first-order valence-electron chi connectivity index (χ1n) is 11.8. The summed E-state index contributed by atoms with van der Waals surface area (Å²) in [5, 5.41) is 13.5. The van der Waals surface area contributed by atoms with Crippen LogP contribution in [0.3, 0.4) is 0 Å². The maximum atomic E-state index is 15.2. The van der Waals surface area contributed by atoms with Crippen molar-refractivity contribution >= 4 is 22.7 Å². The van der Waals surface area contributed by atoms with Gasteiger partial charge in [-0.2, -0.15) is 0 Å². The zero-order valence-corrected chi connectivity index (χ0v) is 19.2. The fourth-order valence-corrected chi connectivity index (χ4v) is 5.28. The lowest BCUT2D eigenvalue weighted by Crippen LogP contribution is -2.38. The Morgan fingerprint density at radius 2 is 1.89 bits per heavy atom. The molecule has 11 heteroatoms. The number of oxime groups is 1. The second kappa shape index (κ2) is 9.44. The molecule has 1 saturated heterocycles. The van der Waals surface area contributed by atoms with E-state index >= 15 is 4.39 Å². The fourth-order valence-electron chi connectivity index (χ4n) is 5.28. The molecule has 1 aromatic carbocycles. The van der Waals surface area contributed by atoms with Crippen molar-refractivity contribution in [1.29, 1.82) is 0 Å². The number of piperidine rings is 1. The van der Waals surface area contributed by atoms with E-state index in [0.29, 0.717) is 55.7 Å². The van der Waals surface area contributed by atoms with Gasteiger partial charge in [0.2, 0.25) is 0 Å². The second-order valence-electron chi connectivity index (χ2n) is 9.16. The van der Waals surface area contributed by atoms with Gasteiger partial charge in [0, 0.05) is 41.7 Å². The van der Waals surface area contributed by atoms with E-state index in [2.05, 4.69) is 19.9 Å². The Morgan fingerprint density at radius 3 is 2.56 bits per heavy atom. The Hall–Kier alpha value is -3.63. The van der Waals surface area contributed by atoms with Gasteiger partial charge in [0.25, 0.3) is 5.91 Å². The number of aromatic nitrogens is 2. The lowest BCUT2D eigenvalue weighted by Gasteiger charge is -2.33. The third-order valence-corrected chi connectivity index (χ3v) is 6.95. The number of rotatable bonds is 3. The minimum atomic E-state index is -4.80. The molecule has 190 valence electrons. The molecule has 5 rings (SSSR count). The molecule has 0 spiro atoms. The van der Waals surface area contributed by atoms with Crippen molar-refractivity contribution in [1.82, 2.24) is 14.9 Å². The number of hydrogen-bond donors (Lipinski definition) is 2. The number of alkyl halides is 3. The number of likely N-dealkylation sites (tertiary alicyclic amines) is 1. The van der Waals surface area contributed by atoms with Gasteiger partial charge < -0.3 is 19.8 Å². The van der Waals surface area contributed by atoms with E-state index in [1.807, 2.05) is 0 Å². The van der Waals surface area contributed by atoms with Crippen molar-refractivity contribution in [2.75, 3.05) is 13.1 Å². The number of benzene rings is 1. The standard InChI is InChI=1S/C25H24F4N4O3/c26-19-13-30-23-22(18-12-16(32-35)2-1-3-20(18)31-23)21(19)14-8-10-33(11-9-14)24(34)15-4-6-17(7-5-15)36-25(27,28)29/h4-7,13-14,35H,1-3,8-12H2,(H,30,31). The van der Waals surface area contributed by atoms with Crippen LogP contribution in [0.4, 0.5) is 17.6 Å². The average Bonchev–Trinajstić information content (AvgIpc) is 3.06. The predicted octanol–water partition coefficient (Wildman–Crippen LogP) is 5.33. The van der Waals surface area contributed by atoms with E-state index in [4.69, 9.17) is 0 Å². The van der Waals surface area contributed by atoms with Crippen molar-refractivity contribution in [2.45, 2.75) is 50.8 Å². The highest BCUT2D eigenvalue weighted by molar-refractivity contribution is 5.95. The normalized spacial score (nSPS) is 18.3. The van der Waals surface area contributed by atoms with Crippen LogP contribution in [0, 0.1) is 5.82 Å². The molecule has 1 aliphatic heterocycles. The summed E-state index contributed by atoms with van der Waals surface area (Å²) in [7, 11) is 0. The van der Waals surface area contributed by atoms with E-state index < -0.39 is 17.9 Å². The number of nitrogens with zero attached hydrogens (tertiary/aromatic N) is 3. The van der Waals surface area contributed by atoms with Crippen LogP contribution < -0.4 is 4.74 Å². The zero-order valence-electron chi connectivity index (χ0n) is 19.2. The minimum absolute atomic E-state index is 0.139. The molecule has 0 bridgehead atoms. The summed E-state index contributed by atoms with van der Waals surface area (Å²) in [6.07, 6.45) is 0.141. The molecule has 0 atom stereocenters. The monoisotopic (exact) mass is 504 g/mol. The van der Waals surface area contributed by atoms with E-state index in [9.17, 15) is 23.2 Å².